The van der Waals surface area contributed by atoms with Crippen LogP contribution >= 0.6 is 21.6 Å². The molecule has 0 bridgehead atoms. The Hall–Kier alpha value is 0.850. The highest BCUT2D eigenvalue weighted by Gasteiger charge is 2.06. The Morgan fingerprint density at radius 1 is 1.29 bits per heavy atom. The van der Waals surface area contributed by atoms with E-state index in [4.69, 9.17) is 0 Å². The predicted octanol–water partition coefficient (Wildman–Crippen LogP) is 1.44. The molecule has 0 spiro atoms. The van der Waals surface area contributed by atoms with Gasteiger partial charge in [-0.1, -0.05) is 21.6 Å². The van der Waals surface area contributed by atoms with Gasteiger partial charge in [-0.15, -0.1) is 0 Å². The maximum absolute atomic E-state index is 10.5. The second kappa shape index (κ2) is 2.99. The van der Waals surface area contributed by atoms with Crippen LogP contribution in [0.5, 0.6) is 0 Å². The summed E-state index contributed by atoms with van der Waals surface area (Å²) in [4.78, 5) is 0. The lowest BCUT2D eigenvalue weighted by atomic mass is 10.6. The third kappa shape index (κ3) is 2.06. The van der Waals surface area contributed by atoms with Crippen molar-refractivity contribution in [2.24, 2.45) is 0 Å². The van der Waals surface area contributed by atoms with Gasteiger partial charge in [-0.25, -0.2) is 4.21 Å². The molecule has 1 fully saturated rings. The third-order valence-corrected chi connectivity index (χ3v) is 5.83. The van der Waals surface area contributed by atoms with Gasteiger partial charge < -0.3 is 0 Å². The lowest BCUT2D eigenvalue weighted by molar-refractivity contribution is 0.698. The van der Waals surface area contributed by atoms with E-state index in [0.29, 0.717) is 0 Å². The van der Waals surface area contributed by atoms with Crippen LogP contribution in [0.15, 0.2) is 0 Å². The Morgan fingerprint density at radius 2 is 1.86 bits per heavy atom. The molecule has 1 rings (SSSR count). The van der Waals surface area contributed by atoms with Crippen molar-refractivity contribution in [2.75, 3.05) is 11.5 Å². The molecule has 0 aromatic carbocycles. The summed E-state index contributed by atoms with van der Waals surface area (Å²) in [5, 5.41) is 0. The van der Waals surface area contributed by atoms with Crippen LogP contribution in [0.4, 0.5) is 0 Å². The minimum absolute atomic E-state index is 0.607. The van der Waals surface area contributed by atoms with Crippen LogP contribution in [-0.4, -0.2) is 15.7 Å². The van der Waals surface area contributed by atoms with Gasteiger partial charge in [0.25, 0.3) is 0 Å². The predicted molar refractivity (Wildman–Crippen MR) is 37.7 cm³/mol. The van der Waals surface area contributed by atoms with Gasteiger partial charge >= 0.3 is 0 Å². The van der Waals surface area contributed by atoms with E-state index in [-0.39, 0.29) is 0 Å². The fraction of sp³-hybridized carbons (Fsp3) is 1.00. The molecule has 0 aromatic rings. The van der Waals surface area contributed by atoms with Gasteiger partial charge in [-0.3, -0.25) is 0 Å². The average Bonchev–Trinajstić information content (AvgIpc) is 1.69. The van der Waals surface area contributed by atoms with Gasteiger partial charge in [0.1, 0.15) is 8.86 Å². The van der Waals surface area contributed by atoms with Crippen LogP contribution in [0.3, 0.4) is 0 Å². The number of hydrogen-bond donors (Lipinski definition) is 0. The molecule has 0 atom stereocenters. The lowest BCUT2D eigenvalue weighted by Crippen LogP contribution is -1.92. The quantitative estimate of drug-likeness (QED) is 0.491. The summed E-state index contributed by atoms with van der Waals surface area (Å²) in [6.45, 7) is 0. The Morgan fingerprint density at radius 3 is 2.14 bits per heavy atom. The Bertz CT molecular complexity index is 74.2. The van der Waals surface area contributed by atoms with Crippen molar-refractivity contribution >= 4 is 30.5 Å². The molecule has 7 heavy (non-hydrogen) atoms. The van der Waals surface area contributed by atoms with Gasteiger partial charge in [-0.05, 0) is 6.42 Å². The number of rotatable bonds is 0. The van der Waals surface area contributed by atoms with Crippen molar-refractivity contribution in [3.8, 4) is 0 Å². The van der Waals surface area contributed by atoms with Crippen LogP contribution in [0.2, 0.25) is 0 Å². The van der Waals surface area contributed by atoms with E-state index < -0.39 is 8.86 Å². The second-order valence-corrected chi connectivity index (χ2v) is 6.76. The Balaban J connectivity index is 2.25. The minimum atomic E-state index is -0.607. The molecule has 0 saturated carbocycles. The smallest absolute Gasteiger partial charge is 0.141 e. The van der Waals surface area contributed by atoms with Gasteiger partial charge in [0.15, 0.2) is 0 Å². The van der Waals surface area contributed by atoms with Crippen molar-refractivity contribution in [1.29, 1.82) is 0 Å². The highest BCUT2D eigenvalue weighted by molar-refractivity contribution is 9.02. The zero-order valence-electron chi connectivity index (χ0n) is 3.75. The zero-order chi connectivity index (χ0) is 5.11. The van der Waals surface area contributed by atoms with Crippen molar-refractivity contribution < 1.29 is 4.21 Å². The van der Waals surface area contributed by atoms with E-state index in [2.05, 4.69) is 0 Å². The van der Waals surface area contributed by atoms with Crippen molar-refractivity contribution in [3.63, 3.8) is 0 Å². The summed E-state index contributed by atoms with van der Waals surface area (Å²) in [5.41, 5.74) is 0. The summed E-state index contributed by atoms with van der Waals surface area (Å²) in [5.74, 6) is 2.17. The first-order chi connectivity index (χ1) is 3.39. The Kier molecular flexibility index (Phi) is 2.56. The molecule has 42 valence electrons. The monoisotopic (exact) mass is 154 g/mol. The summed E-state index contributed by atoms with van der Waals surface area (Å²) >= 11 is 0. The molecule has 0 aromatic heterocycles. The van der Waals surface area contributed by atoms with Crippen molar-refractivity contribution in [2.45, 2.75) is 6.42 Å². The zero-order valence-corrected chi connectivity index (χ0v) is 6.20. The molecule has 1 nitrogen and oxygen atoms in total. The third-order valence-electron chi connectivity index (χ3n) is 0.648. The largest absolute Gasteiger partial charge is 0.236 e. The fourth-order valence-electron chi connectivity index (χ4n) is 0.347. The van der Waals surface area contributed by atoms with E-state index >= 15 is 0 Å². The first-order valence-corrected chi connectivity index (χ1v) is 6.23. The summed E-state index contributed by atoms with van der Waals surface area (Å²) < 4.78 is 10.5. The first kappa shape index (κ1) is 5.98. The van der Waals surface area contributed by atoms with Crippen LogP contribution in [-0.2, 0) is 8.86 Å². The van der Waals surface area contributed by atoms with Crippen LogP contribution < -0.4 is 0 Å². The van der Waals surface area contributed by atoms with Gasteiger partial charge in [0.2, 0.25) is 0 Å². The molecule has 0 amide bonds. The molecule has 1 aliphatic rings. The van der Waals surface area contributed by atoms with Crippen molar-refractivity contribution in [1.82, 2.24) is 0 Å². The maximum Gasteiger partial charge on any atom is 0.141 e. The van der Waals surface area contributed by atoms with Crippen molar-refractivity contribution in [3.05, 3.63) is 0 Å². The normalized spacial score (nSPS) is 25.1. The molecule has 0 N–H and O–H groups in total. The molecule has 0 radical (unpaired) electrons. The molecule has 1 heterocycles. The molecule has 0 aliphatic carbocycles. The van der Waals surface area contributed by atoms with E-state index in [1.165, 1.54) is 6.42 Å². The highest BCUT2D eigenvalue weighted by Crippen LogP contribution is 2.27. The average molecular weight is 154 g/mol. The van der Waals surface area contributed by atoms with Crippen LogP contribution in [0, 0.1) is 0 Å². The SMILES string of the molecule is O=S1SCCCS1. The summed E-state index contributed by atoms with van der Waals surface area (Å²) in [7, 11) is 2.50. The number of hydrogen-bond acceptors (Lipinski definition) is 3. The molecule has 4 heteroatoms. The van der Waals surface area contributed by atoms with E-state index in [1.807, 2.05) is 0 Å². The minimum Gasteiger partial charge on any atom is -0.236 e. The topological polar surface area (TPSA) is 17.1 Å². The van der Waals surface area contributed by atoms with E-state index in [1.54, 1.807) is 21.6 Å². The summed E-state index contributed by atoms with van der Waals surface area (Å²) in [6, 6.07) is 0. The molecule has 0 unspecified atom stereocenters. The van der Waals surface area contributed by atoms with Gasteiger partial charge in [0, 0.05) is 11.5 Å². The van der Waals surface area contributed by atoms with Gasteiger partial charge in [-0.2, -0.15) is 0 Å². The first-order valence-electron chi connectivity index (χ1n) is 2.08. The maximum atomic E-state index is 10.5. The van der Waals surface area contributed by atoms with E-state index in [0.717, 1.165) is 11.5 Å². The summed E-state index contributed by atoms with van der Waals surface area (Å²) in [6.07, 6.45) is 1.22. The van der Waals surface area contributed by atoms with Crippen LogP contribution in [0.1, 0.15) is 6.42 Å². The molecule has 1 aliphatic heterocycles. The lowest BCUT2D eigenvalue weighted by Gasteiger charge is -2.04. The van der Waals surface area contributed by atoms with Gasteiger partial charge in [0.05, 0.1) is 0 Å². The molecule has 1 saturated heterocycles. The fourth-order valence-corrected chi connectivity index (χ4v) is 4.96. The standard InChI is InChI=1S/C3H6OS3/c4-7-5-2-1-3-6-7/h1-3H2. The highest BCUT2D eigenvalue weighted by atomic mass is 33.5. The van der Waals surface area contributed by atoms with Crippen LogP contribution in [0.25, 0.3) is 0 Å². The second-order valence-electron chi connectivity index (χ2n) is 1.20. The molecular weight excluding hydrogens is 148 g/mol. The molecular formula is C3H6OS3. The Labute approximate surface area is 52.9 Å². The van der Waals surface area contributed by atoms with E-state index in [9.17, 15) is 4.21 Å².